The second-order valence-electron chi connectivity index (χ2n) is 5.24. The Labute approximate surface area is 111 Å². The predicted octanol–water partition coefficient (Wildman–Crippen LogP) is 0.877. The summed E-state index contributed by atoms with van der Waals surface area (Å²) in [7, 11) is 0. The molecule has 104 valence electrons. The minimum Gasteiger partial charge on any atom is -0.409 e. The van der Waals surface area contributed by atoms with Crippen LogP contribution in [-0.4, -0.2) is 39.7 Å². The minimum absolute atomic E-state index is 0.111. The summed E-state index contributed by atoms with van der Waals surface area (Å²) in [5, 5.41) is 21.6. The molecule has 1 saturated heterocycles. The number of oxime groups is 1. The van der Waals surface area contributed by atoms with Crippen molar-refractivity contribution in [3.8, 4) is 0 Å². The van der Waals surface area contributed by atoms with E-state index in [4.69, 9.17) is 10.9 Å². The lowest BCUT2D eigenvalue weighted by molar-refractivity contribution is 0.0679. The molecule has 1 aliphatic rings. The zero-order valence-electron chi connectivity index (χ0n) is 10.8. The fraction of sp³-hybridized carbons (Fsp3) is 0.462. The molecule has 0 amide bonds. The third kappa shape index (κ3) is 3.21. The Morgan fingerprint density at radius 3 is 2.89 bits per heavy atom. The maximum Gasteiger partial charge on any atom is 0.170 e. The molecule has 1 heterocycles. The zero-order valence-corrected chi connectivity index (χ0v) is 10.8. The molecule has 1 fully saturated rings. The Hall–Kier alpha value is -1.66. The number of amidine groups is 1. The highest BCUT2D eigenvalue weighted by atomic mass is 19.1. The molecular weight excluding hydrogens is 249 g/mol. The van der Waals surface area contributed by atoms with Gasteiger partial charge >= 0.3 is 0 Å². The van der Waals surface area contributed by atoms with Gasteiger partial charge in [-0.3, -0.25) is 4.90 Å². The van der Waals surface area contributed by atoms with Gasteiger partial charge in [-0.15, -0.1) is 0 Å². The van der Waals surface area contributed by atoms with Gasteiger partial charge in [0.1, 0.15) is 5.82 Å². The van der Waals surface area contributed by atoms with Gasteiger partial charge in [-0.05, 0) is 31.0 Å². The van der Waals surface area contributed by atoms with Crippen LogP contribution in [0.1, 0.15) is 24.5 Å². The van der Waals surface area contributed by atoms with Gasteiger partial charge in [0.25, 0.3) is 0 Å². The molecule has 1 aromatic rings. The number of benzene rings is 1. The fourth-order valence-corrected chi connectivity index (χ4v) is 2.39. The van der Waals surface area contributed by atoms with E-state index in [0.717, 1.165) is 12.1 Å². The number of likely N-dealkylation sites (tertiary alicyclic amines) is 1. The molecule has 1 unspecified atom stereocenters. The first-order chi connectivity index (χ1) is 8.91. The smallest absolute Gasteiger partial charge is 0.170 e. The van der Waals surface area contributed by atoms with E-state index in [1.807, 2.05) is 0 Å². The van der Waals surface area contributed by atoms with Crippen molar-refractivity contribution in [2.45, 2.75) is 25.5 Å². The summed E-state index contributed by atoms with van der Waals surface area (Å²) in [4.78, 5) is 2.06. The molecule has 1 aliphatic heterocycles. The topological polar surface area (TPSA) is 82.1 Å². The van der Waals surface area contributed by atoms with Crippen molar-refractivity contribution < 1.29 is 14.7 Å². The van der Waals surface area contributed by atoms with E-state index in [0.29, 0.717) is 25.1 Å². The number of nitrogens with zero attached hydrogens (tertiary/aromatic N) is 2. The van der Waals surface area contributed by atoms with Gasteiger partial charge in [0.2, 0.25) is 0 Å². The van der Waals surface area contributed by atoms with E-state index in [2.05, 4.69) is 10.1 Å². The summed E-state index contributed by atoms with van der Waals surface area (Å²) in [5.74, 6) is -0.542. The predicted molar refractivity (Wildman–Crippen MR) is 69.4 cm³/mol. The maximum atomic E-state index is 13.2. The number of nitrogens with two attached hydrogens (primary N) is 1. The molecule has 6 heteroatoms. The van der Waals surface area contributed by atoms with Crippen molar-refractivity contribution in [2.24, 2.45) is 10.9 Å². The lowest BCUT2D eigenvalue weighted by Gasteiger charge is -2.20. The summed E-state index contributed by atoms with van der Waals surface area (Å²) in [6.07, 6.45) is 0.701. The van der Waals surface area contributed by atoms with E-state index < -0.39 is 11.4 Å². The molecule has 0 spiro atoms. The number of halogens is 1. The van der Waals surface area contributed by atoms with Gasteiger partial charge in [0, 0.05) is 25.2 Å². The van der Waals surface area contributed by atoms with Crippen LogP contribution in [0.5, 0.6) is 0 Å². The van der Waals surface area contributed by atoms with Gasteiger partial charge in [-0.1, -0.05) is 11.2 Å². The average molecular weight is 267 g/mol. The monoisotopic (exact) mass is 267 g/mol. The third-order valence-corrected chi connectivity index (χ3v) is 3.38. The van der Waals surface area contributed by atoms with E-state index in [1.54, 1.807) is 13.0 Å². The van der Waals surface area contributed by atoms with Crippen molar-refractivity contribution in [1.82, 2.24) is 4.90 Å². The van der Waals surface area contributed by atoms with Crippen molar-refractivity contribution in [3.63, 3.8) is 0 Å². The number of hydrogen-bond acceptors (Lipinski definition) is 4. The number of rotatable bonds is 3. The second kappa shape index (κ2) is 5.14. The second-order valence-corrected chi connectivity index (χ2v) is 5.24. The lowest BCUT2D eigenvalue weighted by Crippen LogP contribution is -2.30. The van der Waals surface area contributed by atoms with Crippen LogP contribution in [0.4, 0.5) is 4.39 Å². The van der Waals surface area contributed by atoms with Crippen molar-refractivity contribution in [3.05, 3.63) is 35.1 Å². The first-order valence-electron chi connectivity index (χ1n) is 6.12. The van der Waals surface area contributed by atoms with Gasteiger partial charge < -0.3 is 16.0 Å². The summed E-state index contributed by atoms with van der Waals surface area (Å²) in [5.41, 5.74) is 6.03. The SMILES string of the molecule is CC1(O)CCN(Cc2ccc(F)cc2/C(N)=N/O)C1. The van der Waals surface area contributed by atoms with Gasteiger partial charge in [0.05, 0.1) is 5.60 Å². The summed E-state index contributed by atoms with van der Waals surface area (Å²) in [6.45, 7) is 3.64. The van der Waals surface area contributed by atoms with E-state index in [1.165, 1.54) is 12.1 Å². The maximum absolute atomic E-state index is 13.2. The Morgan fingerprint density at radius 1 is 1.58 bits per heavy atom. The largest absolute Gasteiger partial charge is 0.409 e. The highest BCUT2D eigenvalue weighted by Gasteiger charge is 2.31. The number of hydrogen-bond donors (Lipinski definition) is 3. The van der Waals surface area contributed by atoms with Crippen molar-refractivity contribution in [1.29, 1.82) is 0 Å². The van der Waals surface area contributed by atoms with Gasteiger partial charge in [-0.2, -0.15) is 0 Å². The van der Waals surface area contributed by atoms with Crippen LogP contribution in [0, 0.1) is 5.82 Å². The number of β-amino-alcohol motifs (C(OH)–C–C–N with tert-alkyl or cyclic N) is 1. The lowest BCUT2D eigenvalue weighted by atomic mass is 10.1. The molecule has 0 aromatic heterocycles. The van der Waals surface area contributed by atoms with Crippen LogP contribution in [0.3, 0.4) is 0 Å². The summed E-state index contributed by atoms with van der Waals surface area (Å²) < 4.78 is 13.2. The van der Waals surface area contributed by atoms with Crippen LogP contribution in [0.25, 0.3) is 0 Å². The molecule has 4 N–H and O–H groups in total. The molecule has 0 aliphatic carbocycles. The fourth-order valence-electron chi connectivity index (χ4n) is 2.39. The normalized spacial score (nSPS) is 24.9. The molecule has 1 aromatic carbocycles. The first kappa shape index (κ1) is 13.8. The first-order valence-corrected chi connectivity index (χ1v) is 6.12. The van der Waals surface area contributed by atoms with Crippen molar-refractivity contribution in [2.75, 3.05) is 13.1 Å². The standard InChI is InChI=1S/C13H18FN3O2/c1-13(18)4-5-17(8-13)7-9-2-3-10(14)6-11(9)12(15)16-19/h2-3,6,18-19H,4-5,7-8H2,1H3,(H2,15,16). The Bertz CT molecular complexity index is 503. The molecule has 0 saturated carbocycles. The molecule has 0 radical (unpaired) electrons. The Balaban J connectivity index is 2.21. The van der Waals surface area contributed by atoms with E-state index in [-0.39, 0.29) is 5.84 Å². The van der Waals surface area contributed by atoms with Crippen LogP contribution >= 0.6 is 0 Å². The average Bonchev–Trinajstić information content (AvgIpc) is 2.70. The highest BCUT2D eigenvalue weighted by Crippen LogP contribution is 2.23. The molecule has 1 atom stereocenters. The van der Waals surface area contributed by atoms with Gasteiger partial charge in [-0.25, -0.2) is 4.39 Å². The zero-order chi connectivity index (χ0) is 14.0. The van der Waals surface area contributed by atoms with Crippen LogP contribution < -0.4 is 5.73 Å². The molecule has 2 rings (SSSR count). The molecule has 5 nitrogen and oxygen atoms in total. The highest BCUT2D eigenvalue weighted by molar-refractivity contribution is 5.98. The van der Waals surface area contributed by atoms with Crippen LogP contribution in [-0.2, 0) is 6.54 Å². The van der Waals surface area contributed by atoms with Crippen LogP contribution in [0.2, 0.25) is 0 Å². The van der Waals surface area contributed by atoms with Crippen LogP contribution in [0.15, 0.2) is 23.4 Å². The van der Waals surface area contributed by atoms with Gasteiger partial charge in [0.15, 0.2) is 5.84 Å². The van der Waals surface area contributed by atoms with Crippen molar-refractivity contribution >= 4 is 5.84 Å². The van der Waals surface area contributed by atoms with E-state index in [9.17, 15) is 9.50 Å². The quantitative estimate of drug-likeness (QED) is 0.328. The molecular formula is C13H18FN3O2. The summed E-state index contributed by atoms with van der Waals surface area (Å²) in [6, 6.07) is 4.21. The number of aliphatic hydroxyl groups is 1. The molecule has 19 heavy (non-hydrogen) atoms. The third-order valence-electron chi connectivity index (χ3n) is 3.38. The Kier molecular flexibility index (Phi) is 3.73. The Morgan fingerprint density at radius 2 is 2.32 bits per heavy atom. The van der Waals surface area contributed by atoms with E-state index >= 15 is 0 Å². The minimum atomic E-state index is -0.684. The molecule has 0 bridgehead atoms. The summed E-state index contributed by atoms with van der Waals surface area (Å²) >= 11 is 0.